The number of H-pyrrole nitrogens is 1. The molecular formula is C58H67F3N10O7. The van der Waals surface area contributed by atoms with E-state index >= 15 is 4.39 Å². The molecule has 2 atom stereocenters. The number of carbonyl (C=O) groups excluding carboxylic acids is 5. The summed E-state index contributed by atoms with van der Waals surface area (Å²) in [5, 5.41) is 14.0. The van der Waals surface area contributed by atoms with Gasteiger partial charge in [-0.25, -0.2) is 18.3 Å². The Morgan fingerprint density at radius 3 is 2.19 bits per heavy atom. The van der Waals surface area contributed by atoms with E-state index in [4.69, 9.17) is 4.74 Å². The summed E-state index contributed by atoms with van der Waals surface area (Å²) in [4.78, 5) is 92.2. The summed E-state index contributed by atoms with van der Waals surface area (Å²) in [6.07, 6.45) is 3.81. The molecule has 0 bridgehead atoms. The van der Waals surface area contributed by atoms with Crippen molar-refractivity contribution >= 4 is 40.3 Å². The number of aromatic amines is 1. The summed E-state index contributed by atoms with van der Waals surface area (Å²) in [5.74, 6) is -2.60. The number of nitrogens with one attached hydrogen (secondary N) is 3. The zero-order valence-corrected chi connectivity index (χ0v) is 43.8. The van der Waals surface area contributed by atoms with Crippen molar-refractivity contribution < 1.29 is 41.9 Å². The highest BCUT2D eigenvalue weighted by Crippen LogP contribution is 2.29. The van der Waals surface area contributed by atoms with Crippen molar-refractivity contribution in [2.24, 2.45) is 11.8 Å². The Bertz CT molecular complexity index is 3060. The second-order valence-electron chi connectivity index (χ2n) is 21.4. The van der Waals surface area contributed by atoms with Crippen molar-refractivity contribution in [2.75, 3.05) is 111 Å². The predicted octanol–water partition coefficient (Wildman–Crippen LogP) is 4.01. The first kappa shape index (κ1) is 54.4. The minimum atomic E-state index is -0.729. The Kier molecular flexibility index (Phi) is 17.3. The average Bonchev–Trinajstić information content (AvgIpc) is 3.50. The number of hydrogen-bond acceptors (Lipinski definition) is 11. The van der Waals surface area contributed by atoms with Gasteiger partial charge in [-0.1, -0.05) is 42.5 Å². The molecule has 78 heavy (non-hydrogen) atoms. The number of nitrogens with zero attached hydrogens (tertiary/aromatic N) is 7. The highest BCUT2D eigenvalue weighted by molar-refractivity contribution is 5.98. The van der Waals surface area contributed by atoms with E-state index < -0.39 is 29.4 Å². The first-order valence-electron chi connectivity index (χ1n) is 27.3. The lowest BCUT2D eigenvalue weighted by Gasteiger charge is -2.41. The van der Waals surface area contributed by atoms with Gasteiger partial charge in [0, 0.05) is 119 Å². The van der Waals surface area contributed by atoms with Crippen LogP contribution in [-0.2, 0) is 32.1 Å². The number of benzene rings is 4. The number of likely N-dealkylation sites (tertiary alicyclic amines) is 2. The second-order valence-corrected chi connectivity index (χ2v) is 21.4. The molecule has 5 fully saturated rings. The van der Waals surface area contributed by atoms with E-state index in [9.17, 15) is 37.5 Å². The molecule has 5 aliphatic heterocycles. The molecule has 1 aromatic heterocycles. The molecule has 1 unspecified atom stereocenters. The molecule has 5 saturated heterocycles. The molecule has 20 heteroatoms. The van der Waals surface area contributed by atoms with Gasteiger partial charge in [-0.3, -0.25) is 38.6 Å². The molecule has 0 radical (unpaired) electrons. The van der Waals surface area contributed by atoms with Crippen LogP contribution in [0.25, 0.3) is 10.8 Å². The zero-order valence-electron chi connectivity index (χ0n) is 43.8. The number of fused-ring (bicyclic) bond motifs is 1. The lowest BCUT2D eigenvalue weighted by atomic mass is 9.89. The summed E-state index contributed by atoms with van der Waals surface area (Å²) in [7, 11) is 0. The third-order valence-corrected chi connectivity index (χ3v) is 16.3. The van der Waals surface area contributed by atoms with Gasteiger partial charge in [0.25, 0.3) is 17.4 Å². The molecule has 0 aliphatic carbocycles. The van der Waals surface area contributed by atoms with Crippen molar-refractivity contribution in [3.8, 4) is 0 Å². The van der Waals surface area contributed by atoms with Gasteiger partial charge in [-0.05, 0) is 92.2 Å². The first-order chi connectivity index (χ1) is 37.8. The standard InChI is InChI=1S/C58H67F3N10O7/c59-45-12-11-42(50(61)30-45)31-62-32-52(72)71-16-4-7-43(34-71)40-5-3-6-41(29-40)55(74)63-54(44-36-78-37-44)58(77)70-21-19-67(20-22-70)33-38-14-17-66(18-15-38)35-53(73)68-23-25-69(26-24-68)57(76)48-27-39(10-13-49(48)60)28-51-46-8-1-2-9-47(46)56(75)65-64-51/h1-3,5-6,8-13,27,29-30,38,43-44,54,62H,4,7,14-26,28,31-37H2,(H,63,74)(H,65,75)/t43?,54-/m1/s1. The van der Waals surface area contributed by atoms with Crippen molar-refractivity contribution in [1.29, 1.82) is 0 Å². The summed E-state index contributed by atoms with van der Waals surface area (Å²) >= 11 is 0. The van der Waals surface area contributed by atoms with Gasteiger partial charge in [0.2, 0.25) is 17.7 Å². The Labute approximate surface area is 451 Å². The largest absolute Gasteiger partial charge is 0.380 e. The van der Waals surface area contributed by atoms with Crippen molar-refractivity contribution in [3.63, 3.8) is 0 Å². The Hall–Kier alpha value is -7.00. The minimum Gasteiger partial charge on any atom is -0.380 e. The van der Waals surface area contributed by atoms with Gasteiger partial charge >= 0.3 is 0 Å². The summed E-state index contributed by atoms with van der Waals surface area (Å²) < 4.78 is 48.0. The number of aromatic nitrogens is 2. The molecule has 5 aromatic rings. The van der Waals surface area contributed by atoms with Crippen LogP contribution in [0, 0.1) is 29.3 Å². The van der Waals surface area contributed by atoms with E-state index in [-0.39, 0.29) is 65.2 Å². The number of ether oxygens (including phenoxy) is 1. The molecule has 0 saturated carbocycles. The fourth-order valence-corrected chi connectivity index (χ4v) is 11.5. The van der Waals surface area contributed by atoms with Crippen molar-refractivity contribution in [3.05, 3.63) is 146 Å². The number of halogens is 3. The number of hydrogen-bond donors (Lipinski definition) is 3. The molecule has 3 N–H and O–H groups in total. The summed E-state index contributed by atoms with van der Waals surface area (Å²) in [6, 6.07) is 21.6. The lowest BCUT2D eigenvalue weighted by molar-refractivity contribution is -0.142. The van der Waals surface area contributed by atoms with Gasteiger partial charge in [0.1, 0.15) is 23.5 Å². The third-order valence-electron chi connectivity index (χ3n) is 16.3. The Balaban J connectivity index is 0.637. The van der Waals surface area contributed by atoms with Gasteiger partial charge in [-0.15, -0.1) is 0 Å². The molecule has 4 aromatic carbocycles. The topological polar surface area (TPSA) is 184 Å². The third kappa shape index (κ3) is 12.9. The maximum absolute atomic E-state index is 15.1. The second kappa shape index (κ2) is 24.8. The number of amides is 5. The highest BCUT2D eigenvalue weighted by atomic mass is 19.1. The highest BCUT2D eigenvalue weighted by Gasteiger charge is 2.39. The monoisotopic (exact) mass is 1070 g/mol. The quantitative estimate of drug-likeness (QED) is 0.130. The molecule has 5 aliphatic rings. The van der Waals surface area contributed by atoms with Crippen LogP contribution >= 0.6 is 0 Å². The van der Waals surface area contributed by atoms with E-state index in [0.29, 0.717) is 112 Å². The Morgan fingerprint density at radius 2 is 1.45 bits per heavy atom. The van der Waals surface area contributed by atoms with E-state index in [1.54, 1.807) is 45.0 Å². The SMILES string of the molecule is O=C(N[C@@H](C(=O)N1CCN(CC2CCN(CC(=O)N3CCN(C(=O)c4cc(Cc5n[nH]c(=O)c6ccccc56)ccc4F)CC3)CC2)CC1)C1COC1)c1cccc(C2CCCN(C(=O)CNCc3ccc(F)cc3F)C2)c1. The van der Waals surface area contributed by atoms with E-state index in [0.717, 1.165) is 70.0 Å². The van der Waals surface area contributed by atoms with Crippen LogP contribution in [0.2, 0.25) is 0 Å². The maximum atomic E-state index is 15.1. The molecule has 17 nitrogen and oxygen atoms in total. The lowest BCUT2D eigenvalue weighted by Crippen LogP contribution is -2.60. The number of piperazine rings is 2. The normalized spacial score (nSPS) is 19.4. The molecule has 0 spiro atoms. The van der Waals surface area contributed by atoms with Gasteiger partial charge in [0.05, 0.1) is 42.9 Å². The van der Waals surface area contributed by atoms with Crippen molar-refractivity contribution in [1.82, 2.24) is 50.2 Å². The fourth-order valence-electron chi connectivity index (χ4n) is 11.5. The number of rotatable bonds is 16. The van der Waals surface area contributed by atoms with E-state index in [1.807, 2.05) is 35.2 Å². The van der Waals surface area contributed by atoms with Crippen LogP contribution in [-0.4, -0.2) is 187 Å². The molecule has 412 valence electrons. The summed E-state index contributed by atoms with van der Waals surface area (Å²) in [6.45, 7) is 8.57. The van der Waals surface area contributed by atoms with Crippen LogP contribution in [0.1, 0.15) is 74.7 Å². The smallest absolute Gasteiger partial charge is 0.272 e. The Morgan fingerprint density at radius 1 is 0.705 bits per heavy atom. The van der Waals surface area contributed by atoms with Crippen LogP contribution in [0.15, 0.2) is 89.7 Å². The molecule has 10 rings (SSSR count). The predicted molar refractivity (Wildman–Crippen MR) is 285 cm³/mol. The fraction of sp³-hybridized carbons (Fsp3) is 0.466. The average molecular weight is 1070 g/mol. The minimum absolute atomic E-state index is 0.00511. The maximum Gasteiger partial charge on any atom is 0.272 e. The van der Waals surface area contributed by atoms with Crippen LogP contribution in [0.5, 0.6) is 0 Å². The van der Waals surface area contributed by atoms with Crippen molar-refractivity contribution in [2.45, 2.75) is 50.6 Å². The van der Waals surface area contributed by atoms with Gasteiger partial charge in [0.15, 0.2) is 0 Å². The van der Waals surface area contributed by atoms with E-state index in [1.165, 1.54) is 18.2 Å². The summed E-state index contributed by atoms with van der Waals surface area (Å²) in [5.41, 5.74) is 2.61. The number of piperidine rings is 2. The van der Waals surface area contributed by atoms with Gasteiger partial charge < -0.3 is 35.0 Å². The molecular weight excluding hydrogens is 1010 g/mol. The van der Waals surface area contributed by atoms with Crippen LogP contribution in [0.4, 0.5) is 13.2 Å². The van der Waals surface area contributed by atoms with E-state index in [2.05, 4.69) is 30.6 Å². The first-order valence-corrected chi connectivity index (χ1v) is 27.3. The zero-order chi connectivity index (χ0) is 54.3. The van der Waals surface area contributed by atoms with Crippen LogP contribution in [0.3, 0.4) is 0 Å². The molecule has 5 amide bonds. The van der Waals surface area contributed by atoms with Crippen LogP contribution < -0.4 is 16.2 Å². The number of carbonyl (C=O) groups is 5. The van der Waals surface area contributed by atoms with Gasteiger partial charge in [-0.2, -0.15) is 5.10 Å². The molecule has 6 heterocycles.